The zero-order chi connectivity index (χ0) is 28.6. The van der Waals surface area contributed by atoms with Gasteiger partial charge in [-0.1, -0.05) is 12.1 Å². The van der Waals surface area contributed by atoms with Crippen LogP contribution in [-0.2, 0) is 28.9 Å². The van der Waals surface area contributed by atoms with E-state index in [0.717, 1.165) is 35.5 Å². The van der Waals surface area contributed by atoms with Crippen molar-refractivity contribution in [2.75, 3.05) is 34.8 Å². The summed E-state index contributed by atoms with van der Waals surface area (Å²) < 4.78 is 25.8. The molecule has 1 amide bonds. The van der Waals surface area contributed by atoms with Crippen molar-refractivity contribution in [3.63, 3.8) is 0 Å². The zero-order valence-corrected chi connectivity index (χ0v) is 23.0. The number of hydrogen-bond acceptors (Lipinski definition) is 8. The molecule has 2 aromatic heterocycles. The lowest BCUT2D eigenvalue weighted by Crippen LogP contribution is -2.42. The highest BCUT2D eigenvalue weighted by Gasteiger charge is 2.32. The minimum absolute atomic E-state index is 0.122. The number of carbonyl (C=O) groups excluding carboxylic acids is 1. The van der Waals surface area contributed by atoms with Crippen molar-refractivity contribution in [1.82, 2.24) is 9.97 Å². The van der Waals surface area contributed by atoms with Gasteiger partial charge in [-0.05, 0) is 63.4 Å². The second-order valence-electron chi connectivity index (χ2n) is 10.9. The molecule has 0 fully saturated rings. The minimum Gasteiger partial charge on any atom is -0.481 e. The zero-order valence-electron chi connectivity index (χ0n) is 23.0. The molecule has 0 spiro atoms. The second-order valence-corrected chi connectivity index (χ2v) is 10.9. The first-order valence-electron chi connectivity index (χ1n) is 13.1. The summed E-state index contributed by atoms with van der Waals surface area (Å²) in [6.45, 7) is 9.41. The van der Waals surface area contributed by atoms with Crippen molar-refractivity contribution in [3.05, 3.63) is 64.7 Å². The van der Waals surface area contributed by atoms with Crippen LogP contribution in [0.4, 0.5) is 32.1 Å². The van der Waals surface area contributed by atoms with Gasteiger partial charge in [-0.15, -0.1) is 0 Å². The molecule has 11 heteroatoms. The number of nitrogens with one attached hydrogen (secondary N) is 1. The van der Waals surface area contributed by atoms with Crippen LogP contribution >= 0.6 is 0 Å². The van der Waals surface area contributed by atoms with Gasteiger partial charge in [0, 0.05) is 17.8 Å². The molecular weight excluding hydrogens is 517 g/mol. The fourth-order valence-corrected chi connectivity index (χ4v) is 4.91. The Morgan fingerprint density at radius 2 is 2.00 bits per heavy atom. The fourth-order valence-electron chi connectivity index (χ4n) is 4.91. The summed E-state index contributed by atoms with van der Waals surface area (Å²) in [5.41, 5.74) is 4.31. The van der Waals surface area contributed by atoms with Gasteiger partial charge in [-0.2, -0.15) is 0 Å². The summed E-state index contributed by atoms with van der Waals surface area (Å²) in [6.07, 6.45) is 1.72. The standard InChI is InChI=1S/C29H32FN5O5/c1-17-23(15-31-27-26(17)35(11-12-39-27)28(38)40-29(2,3)4)34-10-9-18-6-8-24(33-22(18)16-34)32-20-7-5-19(13-25(36)37)21(30)14-20/h5-8,14-15H,9-13,16H2,1-4H3,(H,32,33)(H,36,37). The molecule has 0 bridgehead atoms. The number of fused-ring (bicyclic) bond motifs is 2. The van der Waals surface area contributed by atoms with Gasteiger partial charge in [0.25, 0.3) is 0 Å². The van der Waals surface area contributed by atoms with Crippen LogP contribution in [0.15, 0.2) is 36.5 Å². The molecule has 0 saturated heterocycles. The summed E-state index contributed by atoms with van der Waals surface area (Å²) in [5.74, 6) is -0.718. The number of pyridine rings is 2. The van der Waals surface area contributed by atoms with Gasteiger partial charge >= 0.3 is 12.1 Å². The van der Waals surface area contributed by atoms with Crippen molar-refractivity contribution in [2.24, 2.45) is 0 Å². The molecule has 2 aliphatic rings. The van der Waals surface area contributed by atoms with E-state index in [0.29, 0.717) is 42.8 Å². The van der Waals surface area contributed by atoms with Gasteiger partial charge in [-0.25, -0.2) is 19.2 Å². The van der Waals surface area contributed by atoms with E-state index in [9.17, 15) is 14.0 Å². The number of carboxylic acids is 1. The van der Waals surface area contributed by atoms with Crippen LogP contribution in [0.3, 0.4) is 0 Å². The molecule has 4 heterocycles. The molecular formula is C29H32FN5O5. The highest BCUT2D eigenvalue weighted by Crippen LogP contribution is 2.40. The Balaban J connectivity index is 1.37. The van der Waals surface area contributed by atoms with E-state index in [-0.39, 0.29) is 12.0 Å². The molecule has 0 aliphatic carbocycles. The molecule has 5 rings (SSSR count). The van der Waals surface area contributed by atoms with Crippen LogP contribution in [0.25, 0.3) is 0 Å². The first kappa shape index (κ1) is 27.2. The van der Waals surface area contributed by atoms with Crippen molar-refractivity contribution in [3.8, 4) is 5.88 Å². The molecule has 3 aromatic rings. The topological polar surface area (TPSA) is 117 Å². The van der Waals surface area contributed by atoms with Crippen LogP contribution < -0.4 is 19.9 Å². The van der Waals surface area contributed by atoms with Gasteiger partial charge in [0.2, 0.25) is 5.88 Å². The molecule has 0 saturated carbocycles. The van der Waals surface area contributed by atoms with Gasteiger partial charge in [-0.3, -0.25) is 9.69 Å². The average molecular weight is 550 g/mol. The maximum absolute atomic E-state index is 14.4. The Kier molecular flexibility index (Phi) is 7.22. The fraction of sp³-hybridized carbons (Fsp3) is 0.379. The Hall–Kier alpha value is -4.41. The number of benzene rings is 1. The van der Waals surface area contributed by atoms with Gasteiger partial charge in [0.05, 0.1) is 37.1 Å². The summed E-state index contributed by atoms with van der Waals surface area (Å²) in [5, 5.41) is 12.1. The number of anilines is 4. The Bertz CT molecular complexity index is 1470. The highest BCUT2D eigenvalue weighted by molar-refractivity contribution is 5.92. The van der Waals surface area contributed by atoms with Gasteiger partial charge in [0.1, 0.15) is 29.5 Å². The van der Waals surface area contributed by atoms with Crippen LogP contribution in [0.1, 0.15) is 43.2 Å². The third-order valence-electron chi connectivity index (χ3n) is 6.75. The number of nitrogens with zero attached hydrogens (tertiary/aromatic N) is 4. The Morgan fingerprint density at radius 1 is 1.20 bits per heavy atom. The number of amides is 1. The smallest absolute Gasteiger partial charge is 0.415 e. The lowest BCUT2D eigenvalue weighted by molar-refractivity contribution is -0.136. The van der Waals surface area contributed by atoms with Gasteiger partial charge in [0.15, 0.2) is 0 Å². The van der Waals surface area contributed by atoms with E-state index in [1.165, 1.54) is 12.1 Å². The summed E-state index contributed by atoms with van der Waals surface area (Å²) in [4.78, 5) is 37.0. The van der Waals surface area contributed by atoms with Crippen LogP contribution in [0.5, 0.6) is 5.88 Å². The van der Waals surface area contributed by atoms with Crippen molar-refractivity contribution < 1.29 is 28.6 Å². The predicted molar refractivity (Wildman–Crippen MR) is 148 cm³/mol. The van der Waals surface area contributed by atoms with E-state index in [2.05, 4.69) is 15.2 Å². The molecule has 210 valence electrons. The van der Waals surface area contributed by atoms with Crippen molar-refractivity contribution in [2.45, 2.75) is 52.7 Å². The third kappa shape index (κ3) is 5.78. The summed E-state index contributed by atoms with van der Waals surface area (Å²) in [6, 6.07) is 8.22. The number of rotatable bonds is 5. The normalized spacial score (nSPS) is 14.6. The Labute approximate surface area is 231 Å². The van der Waals surface area contributed by atoms with Crippen molar-refractivity contribution in [1.29, 1.82) is 0 Å². The van der Waals surface area contributed by atoms with E-state index >= 15 is 0 Å². The van der Waals surface area contributed by atoms with E-state index in [1.807, 2.05) is 39.8 Å². The molecule has 2 aliphatic heterocycles. The summed E-state index contributed by atoms with van der Waals surface area (Å²) in [7, 11) is 0. The number of carboxylic acid groups (broad SMARTS) is 1. The predicted octanol–water partition coefficient (Wildman–Crippen LogP) is 4.99. The number of halogens is 1. The third-order valence-corrected chi connectivity index (χ3v) is 6.75. The quantitative estimate of drug-likeness (QED) is 0.454. The first-order valence-corrected chi connectivity index (χ1v) is 13.1. The Morgan fingerprint density at radius 3 is 2.73 bits per heavy atom. The maximum atomic E-state index is 14.4. The van der Waals surface area contributed by atoms with Crippen LogP contribution in [0, 0.1) is 12.7 Å². The molecule has 10 nitrogen and oxygen atoms in total. The minimum atomic E-state index is -1.09. The first-order chi connectivity index (χ1) is 19.0. The maximum Gasteiger partial charge on any atom is 0.415 e. The molecule has 0 atom stereocenters. The summed E-state index contributed by atoms with van der Waals surface area (Å²) >= 11 is 0. The van der Waals surface area contributed by atoms with E-state index < -0.39 is 23.5 Å². The van der Waals surface area contributed by atoms with Crippen LogP contribution in [0.2, 0.25) is 0 Å². The molecule has 0 radical (unpaired) electrons. The number of ether oxygens (including phenoxy) is 2. The number of aromatic nitrogens is 2. The number of aliphatic carboxylic acids is 1. The van der Waals surface area contributed by atoms with E-state index in [4.69, 9.17) is 19.6 Å². The van der Waals surface area contributed by atoms with E-state index in [1.54, 1.807) is 17.2 Å². The monoisotopic (exact) mass is 549 g/mol. The van der Waals surface area contributed by atoms with Crippen LogP contribution in [-0.4, -0.2) is 52.4 Å². The number of hydrogen-bond donors (Lipinski definition) is 2. The number of carbonyl (C=O) groups is 2. The highest BCUT2D eigenvalue weighted by atomic mass is 19.1. The average Bonchev–Trinajstić information content (AvgIpc) is 2.88. The SMILES string of the molecule is Cc1c(N2CCc3ccc(Nc4ccc(CC(=O)O)c(F)c4)nc3C2)cnc2c1N(C(=O)OC(C)(C)C)CCO2. The molecule has 1 aromatic carbocycles. The van der Waals surface area contributed by atoms with Crippen molar-refractivity contribution >= 4 is 34.9 Å². The molecule has 2 N–H and O–H groups in total. The molecule has 0 unspecified atom stereocenters. The van der Waals surface area contributed by atoms with Gasteiger partial charge < -0.3 is 24.8 Å². The lowest BCUT2D eigenvalue weighted by Gasteiger charge is -2.35. The lowest BCUT2D eigenvalue weighted by atomic mass is 10.0. The largest absolute Gasteiger partial charge is 0.481 e. The second kappa shape index (κ2) is 10.6. The molecule has 40 heavy (non-hydrogen) atoms.